The smallest absolute Gasteiger partial charge is 0.0263 e. The van der Waals surface area contributed by atoms with E-state index in [2.05, 4.69) is 68.5 Å². The third kappa shape index (κ3) is 15.5. The zero-order valence-electron chi connectivity index (χ0n) is 15.6. The molecular weight excluding hydrogens is 240 g/mol. The van der Waals surface area contributed by atoms with E-state index in [4.69, 9.17) is 0 Å². The highest BCUT2D eigenvalue weighted by molar-refractivity contribution is 4.97. The lowest BCUT2D eigenvalue weighted by Gasteiger charge is -2.10. The normalized spacial score (nSPS) is 11.0. The van der Waals surface area contributed by atoms with E-state index in [1.165, 1.54) is 36.8 Å². The number of hydrogen-bond donors (Lipinski definition) is 0. The Morgan fingerprint density at radius 1 is 0.600 bits per heavy atom. The van der Waals surface area contributed by atoms with Crippen LogP contribution in [-0.2, 0) is 0 Å². The Kier molecular flexibility index (Phi) is 13.3. The van der Waals surface area contributed by atoms with Crippen LogP contribution < -0.4 is 0 Å². The van der Waals surface area contributed by atoms with Crippen LogP contribution in [0.15, 0.2) is 24.3 Å². The molecule has 0 rings (SSSR count). The zero-order chi connectivity index (χ0) is 16.3. The lowest BCUT2D eigenvalue weighted by Crippen LogP contribution is -1.95. The summed E-state index contributed by atoms with van der Waals surface area (Å²) >= 11 is 0. The largest absolute Gasteiger partial charge is 0.0996 e. The highest BCUT2D eigenvalue weighted by Crippen LogP contribution is 2.17. The molecule has 0 unspecified atom stereocenters. The summed E-state index contributed by atoms with van der Waals surface area (Å²) in [4.78, 5) is 0. The molecule has 0 radical (unpaired) electrons. The fourth-order valence-electron chi connectivity index (χ4n) is 1.53. The van der Waals surface area contributed by atoms with Crippen LogP contribution in [0.4, 0.5) is 0 Å². The maximum absolute atomic E-state index is 4.03. The molecule has 0 aliphatic heterocycles. The van der Waals surface area contributed by atoms with Gasteiger partial charge in [-0.25, -0.2) is 0 Å². The molecule has 0 amide bonds. The molecular formula is C20H40. The second-order valence-corrected chi connectivity index (χ2v) is 7.49. The summed E-state index contributed by atoms with van der Waals surface area (Å²) in [7, 11) is 0. The standard InChI is InChI=1S/2C10H20/c2*1-8(2)6-7-10(5)9(3)4/h2*8-9H,5-7H2,1-4H3. The lowest BCUT2D eigenvalue weighted by atomic mass is 9.96. The molecule has 0 aromatic heterocycles. The average Bonchev–Trinajstić information content (AvgIpc) is 2.33. The van der Waals surface area contributed by atoms with Crippen LogP contribution in [0.25, 0.3) is 0 Å². The van der Waals surface area contributed by atoms with E-state index < -0.39 is 0 Å². The minimum atomic E-state index is 0.666. The Bertz CT molecular complexity index is 225. The molecule has 0 aromatic rings. The molecule has 0 fully saturated rings. The Hall–Kier alpha value is -0.520. The maximum atomic E-state index is 4.03. The number of hydrogen-bond acceptors (Lipinski definition) is 0. The quantitative estimate of drug-likeness (QED) is 0.410. The molecule has 20 heavy (non-hydrogen) atoms. The van der Waals surface area contributed by atoms with Crippen molar-refractivity contribution in [3.05, 3.63) is 24.3 Å². The molecule has 0 heteroatoms. The third-order valence-electron chi connectivity index (χ3n) is 3.72. The van der Waals surface area contributed by atoms with Crippen molar-refractivity contribution >= 4 is 0 Å². The Morgan fingerprint density at radius 3 is 1.00 bits per heavy atom. The molecule has 0 saturated carbocycles. The number of allylic oxidation sites excluding steroid dienone is 2. The van der Waals surface area contributed by atoms with E-state index in [0.717, 1.165) is 11.8 Å². The van der Waals surface area contributed by atoms with Crippen molar-refractivity contribution in [3.8, 4) is 0 Å². The molecule has 0 N–H and O–H groups in total. The fraction of sp³-hybridized carbons (Fsp3) is 0.800. The summed E-state index contributed by atoms with van der Waals surface area (Å²) in [6.45, 7) is 25.9. The predicted molar refractivity (Wildman–Crippen MR) is 96.1 cm³/mol. The van der Waals surface area contributed by atoms with Crippen LogP contribution in [0.5, 0.6) is 0 Å². The molecule has 0 atom stereocenters. The molecule has 0 aliphatic carbocycles. The Morgan fingerprint density at radius 2 is 0.850 bits per heavy atom. The van der Waals surface area contributed by atoms with Crippen LogP contribution in [0, 0.1) is 23.7 Å². The van der Waals surface area contributed by atoms with Gasteiger partial charge in [-0.05, 0) is 49.4 Å². The summed E-state index contributed by atoms with van der Waals surface area (Å²) in [5, 5.41) is 0. The highest BCUT2D eigenvalue weighted by Gasteiger charge is 2.01. The molecule has 0 spiro atoms. The van der Waals surface area contributed by atoms with Gasteiger partial charge in [0.05, 0.1) is 0 Å². The van der Waals surface area contributed by atoms with E-state index in [-0.39, 0.29) is 0 Å². The van der Waals surface area contributed by atoms with Gasteiger partial charge >= 0.3 is 0 Å². The first kappa shape index (κ1) is 21.8. The first-order valence-corrected chi connectivity index (χ1v) is 8.43. The summed E-state index contributed by atoms with van der Waals surface area (Å²) in [6.07, 6.45) is 4.98. The predicted octanol–water partition coefficient (Wildman–Crippen LogP) is 7.27. The molecule has 0 heterocycles. The van der Waals surface area contributed by atoms with Gasteiger partial charge in [-0.2, -0.15) is 0 Å². The first-order valence-electron chi connectivity index (χ1n) is 8.43. The van der Waals surface area contributed by atoms with Crippen molar-refractivity contribution in [2.45, 2.75) is 81.1 Å². The Labute approximate surface area is 129 Å². The SMILES string of the molecule is C=C(CCC(C)C)C(C)C.C=C(CCC(C)C)C(C)C. The maximum Gasteiger partial charge on any atom is -0.0263 e. The summed E-state index contributed by atoms with van der Waals surface area (Å²) in [6, 6.07) is 0. The van der Waals surface area contributed by atoms with Gasteiger partial charge in [0.15, 0.2) is 0 Å². The van der Waals surface area contributed by atoms with Crippen molar-refractivity contribution in [1.82, 2.24) is 0 Å². The fourth-order valence-corrected chi connectivity index (χ4v) is 1.53. The number of rotatable bonds is 8. The van der Waals surface area contributed by atoms with Crippen LogP contribution in [0.2, 0.25) is 0 Å². The van der Waals surface area contributed by atoms with E-state index in [1.54, 1.807) is 0 Å². The third-order valence-corrected chi connectivity index (χ3v) is 3.72. The lowest BCUT2D eigenvalue weighted by molar-refractivity contribution is 0.561. The van der Waals surface area contributed by atoms with Gasteiger partial charge in [-0.3, -0.25) is 0 Å². The molecule has 0 bridgehead atoms. The van der Waals surface area contributed by atoms with Crippen molar-refractivity contribution in [1.29, 1.82) is 0 Å². The van der Waals surface area contributed by atoms with Crippen molar-refractivity contribution in [3.63, 3.8) is 0 Å². The molecule has 0 aromatic carbocycles. The topological polar surface area (TPSA) is 0 Å². The van der Waals surface area contributed by atoms with Gasteiger partial charge in [0.25, 0.3) is 0 Å². The van der Waals surface area contributed by atoms with E-state index in [1.807, 2.05) is 0 Å². The van der Waals surface area contributed by atoms with Crippen molar-refractivity contribution in [2.24, 2.45) is 23.7 Å². The second-order valence-electron chi connectivity index (χ2n) is 7.49. The monoisotopic (exact) mass is 280 g/mol. The zero-order valence-corrected chi connectivity index (χ0v) is 15.6. The van der Waals surface area contributed by atoms with Crippen LogP contribution in [0.3, 0.4) is 0 Å². The second kappa shape index (κ2) is 12.2. The average molecular weight is 281 g/mol. The molecule has 0 aliphatic rings. The minimum absolute atomic E-state index is 0.666. The molecule has 120 valence electrons. The molecule has 0 saturated heterocycles. The molecule has 0 nitrogen and oxygen atoms in total. The van der Waals surface area contributed by atoms with Gasteiger partial charge in [-0.1, -0.05) is 79.7 Å². The van der Waals surface area contributed by atoms with E-state index >= 15 is 0 Å². The summed E-state index contributed by atoms with van der Waals surface area (Å²) < 4.78 is 0. The van der Waals surface area contributed by atoms with E-state index in [0.29, 0.717) is 11.8 Å². The first-order chi connectivity index (χ1) is 9.07. The summed E-state index contributed by atoms with van der Waals surface area (Å²) in [5.41, 5.74) is 2.79. The Balaban J connectivity index is 0. The van der Waals surface area contributed by atoms with E-state index in [9.17, 15) is 0 Å². The van der Waals surface area contributed by atoms with Crippen LogP contribution >= 0.6 is 0 Å². The van der Waals surface area contributed by atoms with Crippen molar-refractivity contribution < 1.29 is 0 Å². The highest BCUT2D eigenvalue weighted by atomic mass is 14.1. The van der Waals surface area contributed by atoms with Crippen LogP contribution in [-0.4, -0.2) is 0 Å². The van der Waals surface area contributed by atoms with Gasteiger partial charge < -0.3 is 0 Å². The minimum Gasteiger partial charge on any atom is -0.0996 e. The van der Waals surface area contributed by atoms with Gasteiger partial charge in [0.2, 0.25) is 0 Å². The van der Waals surface area contributed by atoms with Crippen molar-refractivity contribution in [2.75, 3.05) is 0 Å². The van der Waals surface area contributed by atoms with Gasteiger partial charge in [0, 0.05) is 0 Å². The summed E-state index contributed by atoms with van der Waals surface area (Å²) in [5.74, 6) is 2.96. The van der Waals surface area contributed by atoms with Gasteiger partial charge in [-0.15, -0.1) is 0 Å². The van der Waals surface area contributed by atoms with Crippen LogP contribution in [0.1, 0.15) is 81.1 Å². The van der Waals surface area contributed by atoms with Gasteiger partial charge in [0.1, 0.15) is 0 Å².